The molecule has 142 valence electrons. The highest BCUT2D eigenvalue weighted by molar-refractivity contribution is 5.79. The molecule has 0 saturated heterocycles. The van der Waals surface area contributed by atoms with Gasteiger partial charge in [-0.2, -0.15) is 5.10 Å². The predicted molar refractivity (Wildman–Crippen MR) is 99.8 cm³/mol. The van der Waals surface area contributed by atoms with Gasteiger partial charge in [0.05, 0.1) is 17.8 Å². The maximum absolute atomic E-state index is 12.0. The first-order valence-electron chi connectivity index (χ1n) is 8.73. The van der Waals surface area contributed by atoms with E-state index >= 15 is 0 Å². The lowest BCUT2D eigenvalue weighted by Gasteiger charge is -2.08. The minimum absolute atomic E-state index is 0.0721. The van der Waals surface area contributed by atoms with Gasteiger partial charge in [-0.1, -0.05) is 5.16 Å². The van der Waals surface area contributed by atoms with E-state index < -0.39 is 0 Å². The number of nitrogens with zero attached hydrogens (tertiary/aromatic N) is 5. The van der Waals surface area contributed by atoms with Crippen molar-refractivity contribution in [2.24, 2.45) is 0 Å². The number of carbonyl (C=O) groups is 1. The second-order valence-electron chi connectivity index (χ2n) is 6.37. The Morgan fingerprint density at radius 1 is 1.15 bits per heavy atom. The molecule has 3 aromatic heterocycles. The highest BCUT2D eigenvalue weighted by Crippen LogP contribution is 2.12. The van der Waals surface area contributed by atoms with Crippen LogP contribution in [0.25, 0.3) is 5.82 Å². The zero-order chi connectivity index (χ0) is 19.4. The van der Waals surface area contributed by atoms with Crippen LogP contribution in [0, 0.1) is 27.7 Å². The number of amides is 1. The van der Waals surface area contributed by atoms with E-state index in [1.165, 1.54) is 0 Å². The van der Waals surface area contributed by atoms with Crippen LogP contribution >= 0.6 is 0 Å². The van der Waals surface area contributed by atoms with Gasteiger partial charge in [-0.25, -0.2) is 4.68 Å². The summed E-state index contributed by atoms with van der Waals surface area (Å²) >= 11 is 0. The summed E-state index contributed by atoms with van der Waals surface area (Å²) < 4.78 is 6.82. The summed E-state index contributed by atoms with van der Waals surface area (Å²) in [5, 5.41) is 22.6. The zero-order valence-electron chi connectivity index (χ0n) is 15.9. The van der Waals surface area contributed by atoms with Crippen LogP contribution in [0.5, 0.6) is 0 Å². The molecule has 3 heterocycles. The quantitative estimate of drug-likeness (QED) is 0.609. The van der Waals surface area contributed by atoms with Crippen molar-refractivity contribution in [3.05, 3.63) is 46.6 Å². The monoisotopic (exact) mass is 369 g/mol. The molecule has 9 nitrogen and oxygen atoms in total. The molecule has 0 bridgehead atoms. The summed E-state index contributed by atoms with van der Waals surface area (Å²) in [5.74, 6) is 1.91. The molecule has 0 radical (unpaired) electrons. The second-order valence-corrected chi connectivity index (χ2v) is 6.37. The topological polar surface area (TPSA) is 111 Å². The second kappa shape index (κ2) is 7.98. The molecule has 27 heavy (non-hydrogen) atoms. The third-order valence-corrected chi connectivity index (χ3v) is 4.15. The average molecular weight is 369 g/mol. The Hall–Kier alpha value is -3.23. The van der Waals surface area contributed by atoms with Gasteiger partial charge >= 0.3 is 0 Å². The largest absolute Gasteiger partial charge is 0.367 e. The molecule has 0 aliphatic rings. The molecule has 0 unspecified atom stereocenters. The Labute approximate surface area is 157 Å². The third-order valence-electron chi connectivity index (χ3n) is 4.15. The highest BCUT2D eigenvalue weighted by atomic mass is 16.5. The number of carbonyl (C=O) groups excluding carboxylic acids is 1. The standard InChI is InChI=1S/C18H23N7O2/c1-11-9-12(2)25(23-11)17-6-5-16(21-22-17)19-7-8-20-18(26)10-15-13(3)24-27-14(15)4/h5-6,9H,7-8,10H2,1-4H3,(H,19,21)(H,20,26). The summed E-state index contributed by atoms with van der Waals surface area (Å²) in [6, 6.07) is 5.67. The zero-order valence-corrected chi connectivity index (χ0v) is 15.9. The molecular weight excluding hydrogens is 346 g/mol. The smallest absolute Gasteiger partial charge is 0.224 e. The predicted octanol–water partition coefficient (Wildman–Crippen LogP) is 1.65. The fourth-order valence-electron chi connectivity index (χ4n) is 2.76. The van der Waals surface area contributed by atoms with Crippen molar-refractivity contribution in [3.63, 3.8) is 0 Å². The lowest BCUT2D eigenvalue weighted by molar-refractivity contribution is -0.120. The van der Waals surface area contributed by atoms with Gasteiger partial charge in [0, 0.05) is 24.3 Å². The third kappa shape index (κ3) is 4.49. The molecule has 0 aliphatic heterocycles. The van der Waals surface area contributed by atoms with E-state index in [9.17, 15) is 4.79 Å². The molecule has 0 atom stereocenters. The molecule has 3 aromatic rings. The van der Waals surface area contributed by atoms with Crippen LogP contribution in [0.2, 0.25) is 0 Å². The SMILES string of the molecule is Cc1cc(C)n(-c2ccc(NCCNC(=O)Cc3c(C)noc3C)nn2)n1. The van der Waals surface area contributed by atoms with Gasteiger partial charge in [0.2, 0.25) is 5.91 Å². The van der Waals surface area contributed by atoms with E-state index in [-0.39, 0.29) is 12.3 Å². The molecule has 0 aromatic carbocycles. The normalized spacial score (nSPS) is 10.8. The summed E-state index contributed by atoms with van der Waals surface area (Å²) in [4.78, 5) is 12.0. The number of nitrogens with one attached hydrogen (secondary N) is 2. The molecule has 0 spiro atoms. The maximum atomic E-state index is 12.0. The summed E-state index contributed by atoms with van der Waals surface area (Å²) in [6.45, 7) is 8.56. The Morgan fingerprint density at radius 2 is 1.96 bits per heavy atom. The van der Waals surface area contributed by atoms with Crippen LogP contribution in [0.15, 0.2) is 22.7 Å². The van der Waals surface area contributed by atoms with Crippen molar-refractivity contribution in [3.8, 4) is 5.82 Å². The van der Waals surface area contributed by atoms with E-state index in [4.69, 9.17) is 4.52 Å². The molecule has 3 rings (SSSR count). The van der Waals surface area contributed by atoms with Gasteiger partial charge < -0.3 is 15.2 Å². The fourth-order valence-corrected chi connectivity index (χ4v) is 2.76. The highest BCUT2D eigenvalue weighted by Gasteiger charge is 2.13. The van der Waals surface area contributed by atoms with Crippen molar-refractivity contribution in [2.45, 2.75) is 34.1 Å². The van der Waals surface area contributed by atoms with Crippen molar-refractivity contribution >= 4 is 11.7 Å². The Kier molecular flexibility index (Phi) is 5.49. The number of anilines is 1. The van der Waals surface area contributed by atoms with Crippen LogP contribution in [-0.4, -0.2) is 44.1 Å². The molecule has 9 heteroatoms. The van der Waals surface area contributed by atoms with Crippen molar-refractivity contribution in [1.29, 1.82) is 0 Å². The van der Waals surface area contributed by atoms with Crippen molar-refractivity contribution in [1.82, 2.24) is 30.5 Å². The van der Waals surface area contributed by atoms with Crippen LogP contribution in [0.1, 0.15) is 28.4 Å². The van der Waals surface area contributed by atoms with Gasteiger partial charge in [0.25, 0.3) is 0 Å². The minimum Gasteiger partial charge on any atom is -0.367 e. The van der Waals surface area contributed by atoms with Crippen molar-refractivity contribution < 1.29 is 9.32 Å². The first kappa shape index (κ1) is 18.6. The fraction of sp³-hybridized carbons (Fsp3) is 0.389. The van der Waals surface area contributed by atoms with E-state index in [1.807, 2.05) is 39.0 Å². The van der Waals surface area contributed by atoms with Gasteiger partial charge in [0.1, 0.15) is 11.6 Å². The van der Waals surface area contributed by atoms with Crippen LogP contribution in [0.3, 0.4) is 0 Å². The van der Waals surface area contributed by atoms with Gasteiger partial charge in [-0.3, -0.25) is 4.79 Å². The number of rotatable bonds is 7. The van der Waals surface area contributed by atoms with Crippen LogP contribution in [-0.2, 0) is 11.2 Å². The van der Waals surface area contributed by atoms with E-state index in [1.54, 1.807) is 11.6 Å². The molecule has 2 N–H and O–H groups in total. The number of aryl methyl sites for hydroxylation is 4. The summed E-state index contributed by atoms with van der Waals surface area (Å²) in [6.07, 6.45) is 0.262. The lowest BCUT2D eigenvalue weighted by atomic mass is 10.1. The first-order chi connectivity index (χ1) is 12.9. The summed E-state index contributed by atoms with van der Waals surface area (Å²) in [5.41, 5.74) is 3.53. The Bertz CT molecular complexity index is 908. The Morgan fingerprint density at radius 3 is 2.56 bits per heavy atom. The van der Waals surface area contributed by atoms with E-state index in [2.05, 4.69) is 31.1 Å². The van der Waals surface area contributed by atoms with E-state index in [0.717, 1.165) is 22.6 Å². The van der Waals surface area contributed by atoms with Crippen molar-refractivity contribution in [2.75, 3.05) is 18.4 Å². The van der Waals surface area contributed by atoms with Gasteiger partial charge in [-0.15, -0.1) is 10.2 Å². The molecule has 0 aliphatic carbocycles. The number of hydrogen-bond acceptors (Lipinski definition) is 7. The Balaban J connectivity index is 1.45. The van der Waals surface area contributed by atoms with Gasteiger partial charge in [-0.05, 0) is 45.9 Å². The maximum Gasteiger partial charge on any atom is 0.224 e. The molecular formula is C18H23N7O2. The average Bonchev–Trinajstić information content (AvgIpc) is 3.14. The lowest BCUT2D eigenvalue weighted by Crippen LogP contribution is -2.30. The molecule has 0 fully saturated rings. The van der Waals surface area contributed by atoms with Crippen LogP contribution < -0.4 is 10.6 Å². The number of hydrogen-bond donors (Lipinski definition) is 2. The number of aromatic nitrogens is 5. The van der Waals surface area contributed by atoms with Gasteiger partial charge in [0.15, 0.2) is 5.82 Å². The minimum atomic E-state index is -0.0721. The van der Waals surface area contributed by atoms with E-state index in [0.29, 0.717) is 30.5 Å². The molecule has 1 amide bonds. The molecule has 0 saturated carbocycles. The van der Waals surface area contributed by atoms with Crippen LogP contribution in [0.4, 0.5) is 5.82 Å². The first-order valence-corrected chi connectivity index (χ1v) is 8.73. The summed E-state index contributed by atoms with van der Waals surface area (Å²) in [7, 11) is 0.